The third-order valence-corrected chi connectivity index (χ3v) is 2.25. The molecule has 0 aliphatic heterocycles. The molecule has 0 N–H and O–H groups in total. The zero-order chi connectivity index (χ0) is 11.5. The van der Waals surface area contributed by atoms with E-state index in [1.165, 1.54) is 6.07 Å². The minimum atomic E-state index is -0.182. The van der Waals surface area contributed by atoms with Gasteiger partial charge in [-0.25, -0.2) is 4.39 Å². The van der Waals surface area contributed by atoms with Crippen LogP contribution in [0.1, 0.15) is 32.8 Å². The van der Waals surface area contributed by atoms with Crippen molar-refractivity contribution in [3.8, 4) is 5.75 Å². The molecule has 0 aliphatic carbocycles. The monoisotopic (exact) mass is 210 g/mol. The summed E-state index contributed by atoms with van der Waals surface area (Å²) in [6, 6.07) is 4.85. The van der Waals surface area contributed by atoms with E-state index in [1.54, 1.807) is 19.1 Å². The molecule has 0 fully saturated rings. The van der Waals surface area contributed by atoms with Gasteiger partial charge in [0, 0.05) is 0 Å². The van der Waals surface area contributed by atoms with Crippen molar-refractivity contribution in [1.29, 1.82) is 0 Å². The van der Waals surface area contributed by atoms with Gasteiger partial charge in [-0.05, 0) is 42.5 Å². The van der Waals surface area contributed by atoms with Crippen LogP contribution in [0.4, 0.5) is 4.39 Å². The quantitative estimate of drug-likeness (QED) is 0.734. The summed E-state index contributed by atoms with van der Waals surface area (Å²) >= 11 is 0. The summed E-state index contributed by atoms with van der Waals surface area (Å²) in [5, 5.41) is 0. The molecule has 0 amide bonds. The SMILES string of the molecule is Cc1cc(OCCC(C)(C)C)ccc1F. The van der Waals surface area contributed by atoms with Gasteiger partial charge in [-0.1, -0.05) is 20.8 Å². The van der Waals surface area contributed by atoms with Gasteiger partial charge in [0.15, 0.2) is 0 Å². The molecule has 0 unspecified atom stereocenters. The standard InChI is InChI=1S/C13H19FO/c1-10-9-11(5-6-12(10)14)15-8-7-13(2,3)4/h5-6,9H,7-8H2,1-4H3. The summed E-state index contributed by atoms with van der Waals surface area (Å²) in [5.41, 5.74) is 0.901. The molecule has 0 atom stereocenters. The van der Waals surface area contributed by atoms with Gasteiger partial charge in [-0.3, -0.25) is 0 Å². The molecule has 0 radical (unpaired) electrons. The van der Waals surface area contributed by atoms with Crippen LogP contribution >= 0.6 is 0 Å². The van der Waals surface area contributed by atoms with Crippen LogP contribution in [0.2, 0.25) is 0 Å². The summed E-state index contributed by atoms with van der Waals surface area (Å²) in [4.78, 5) is 0. The number of hydrogen-bond acceptors (Lipinski definition) is 1. The summed E-state index contributed by atoms with van der Waals surface area (Å²) in [7, 11) is 0. The molecular weight excluding hydrogens is 191 g/mol. The lowest BCUT2D eigenvalue weighted by atomic mass is 9.93. The second-order valence-corrected chi connectivity index (χ2v) is 5.07. The molecule has 0 bridgehead atoms. The Bertz CT molecular complexity index is 326. The van der Waals surface area contributed by atoms with Crippen molar-refractivity contribution >= 4 is 0 Å². The lowest BCUT2D eigenvalue weighted by Crippen LogP contribution is -2.11. The molecule has 0 spiro atoms. The highest BCUT2D eigenvalue weighted by Gasteiger charge is 2.10. The second-order valence-electron chi connectivity index (χ2n) is 5.07. The third-order valence-electron chi connectivity index (χ3n) is 2.25. The van der Waals surface area contributed by atoms with Crippen LogP contribution in [0.5, 0.6) is 5.75 Å². The van der Waals surface area contributed by atoms with Gasteiger partial charge in [-0.15, -0.1) is 0 Å². The zero-order valence-electron chi connectivity index (χ0n) is 9.93. The normalized spacial score (nSPS) is 11.5. The number of ether oxygens (including phenoxy) is 1. The van der Waals surface area contributed by atoms with Crippen LogP contribution in [-0.4, -0.2) is 6.61 Å². The predicted molar refractivity (Wildman–Crippen MR) is 60.7 cm³/mol. The smallest absolute Gasteiger partial charge is 0.126 e. The van der Waals surface area contributed by atoms with Gasteiger partial charge in [0.25, 0.3) is 0 Å². The number of rotatable bonds is 3. The Morgan fingerprint density at radius 2 is 1.93 bits per heavy atom. The highest BCUT2D eigenvalue weighted by atomic mass is 19.1. The number of benzene rings is 1. The Morgan fingerprint density at radius 1 is 1.27 bits per heavy atom. The molecule has 0 heterocycles. The highest BCUT2D eigenvalue weighted by Crippen LogP contribution is 2.20. The zero-order valence-corrected chi connectivity index (χ0v) is 9.93. The number of halogens is 1. The molecule has 1 nitrogen and oxygen atoms in total. The Labute approximate surface area is 91.3 Å². The van der Waals surface area contributed by atoms with E-state index in [-0.39, 0.29) is 11.2 Å². The summed E-state index contributed by atoms with van der Waals surface area (Å²) in [6.07, 6.45) is 0.990. The Morgan fingerprint density at radius 3 is 2.47 bits per heavy atom. The van der Waals surface area contributed by atoms with Gasteiger partial charge in [0.1, 0.15) is 11.6 Å². The molecule has 1 aromatic carbocycles. The fraction of sp³-hybridized carbons (Fsp3) is 0.538. The number of aryl methyl sites for hydroxylation is 1. The van der Waals surface area contributed by atoms with Gasteiger partial charge in [0.05, 0.1) is 6.61 Å². The van der Waals surface area contributed by atoms with Crippen LogP contribution in [0.25, 0.3) is 0 Å². The highest BCUT2D eigenvalue weighted by molar-refractivity contribution is 5.28. The lowest BCUT2D eigenvalue weighted by Gasteiger charge is -2.18. The maximum absolute atomic E-state index is 13.0. The largest absolute Gasteiger partial charge is 0.494 e. The molecule has 1 rings (SSSR count). The van der Waals surface area contributed by atoms with E-state index in [0.29, 0.717) is 12.2 Å². The topological polar surface area (TPSA) is 9.23 Å². The van der Waals surface area contributed by atoms with Crippen LogP contribution in [0.3, 0.4) is 0 Å². The molecule has 0 saturated carbocycles. The van der Waals surface area contributed by atoms with Gasteiger partial charge < -0.3 is 4.74 Å². The summed E-state index contributed by atoms with van der Waals surface area (Å²) in [5.74, 6) is 0.566. The van der Waals surface area contributed by atoms with E-state index in [2.05, 4.69) is 20.8 Å². The van der Waals surface area contributed by atoms with E-state index < -0.39 is 0 Å². The average molecular weight is 210 g/mol. The Hall–Kier alpha value is -1.05. The third kappa shape index (κ3) is 4.32. The van der Waals surface area contributed by atoms with Crippen molar-refractivity contribution in [2.45, 2.75) is 34.1 Å². The minimum absolute atomic E-state index is 0.182. The van der Waals surface area contributed by atoms with E-state index in [9.17, 15) is 4.39 Å². The maximum Gasteiger partial charge on any atom is 0.126 e. The maximum atomic E-state index is 13.0. The van der Waals surface area contributed by atoms with Crippen molar-refractivity contribution in [1.82, 2.24) is 0 Å². The Kier molecular flexibility index (Phi) is 3.72. The molecule has 0 saturated heterocycles. The van der Waals surface area contributed by atoms with E-state index in [1.807, 2.05) is 0 Å². The molecule has 2 heteroatoms. The van der Waals surface area contributed by atoms with E-state index in [4.69, 9.17) is 4.74 Å². The first-order valence-electron chi connectivity index (χ1n) is 5.27. The van der Waals surface area contributed by atoms with Crippen LogP contribution in [0, 0.1) is 18.2 Å². The first kappa shape index (κ1) is 12.0. The van der Waals surface area contributed by atoms with Gasteiger partial charge in [0.2, 0.25) is 0 Å². The molecule has 15 heavy (non-hydrogen) atoms. The lowest BCUT2D eigenvalue weighted by molar-refractivity contribution is 0.242. The minimum Gasteiger partial charge on any atom is -0.494 e. The fourth-order valence-electron chi connectivity index (χ4n) is 1.18. The van der Waals surface area contributed by atoms with Crippen molar-refractivity contribution in [3.05, 3.63) is 29.6 Å². The molecule has 84 valence electrons. The van der Waals surface area contributed by atoms with Crippen molar-refractivity contribution in [3.63, 3.8) is 0 Å². The average Bonchev–Trinajstić information content (AvgIpc) is 2.09. The van der Waals surface area contributed by atoms with Crippen molar-refractivity contribution < 1.29 is 9.13 Å². The molecular formula is C13H19FO. The predicted octanol–water partition coefficient (Wildman–Crippen LogP) is 3.95. The van der Waals surface area contributed by atoms with Crippen LogP contribution in [-0.2, 0) is 0 Å². The van der Waals surface area contributed by atoms with Gasteiger partial charge in [-0.2, -0.15) is 0 Å². The number of hydrogen-bond donors (Lipinski definition) is 0. The summed E-state index contributed by atoms with van der Waals surface area (Å²) < 4.78 is 18.5. The molecule has 1 aromatic rings. The first-order valence-corrected chi connectivity index (χ1v) is 5.27. The first-order chi connectivity index (χ1) is 6.88. The van der Waals surface area contributed by atoms with Crippen LogP contribution < -0.4 is 4.74 Å². The summed E-state index contributed by atoms with van der Waals surface area (Å²) in [6.45, 7) is 8.94. The molecule has 0 aromatic heterocycles. The van der Waals surface area contributed by atoms with Crippen molar-refractivity contribution in [2.75, 3.05) is 6.61 Å². The second kappa shape index (κ2) is 4.65. The van der Waals surface area contributed by atoms with Crippen LogP contribution in [0.15, 0.2) is 18.2 Å². The fourth-order valence-corrected chi connectivity index (χ4v) is 1.18. The van der Waals surface area contributed by atoms with E-state index >= 15 is 0 Å². The van der Waals surface area contributed by atoms with Gasteiger partial charge >= 0.3 is 0 Å². The molecule has 0 aliphatic rings. The Balaban J connectivity index is 2.48. The van der Waals surface area contributed by atoms with E-state index in [0.717, 1.165) is 12.2 Å². The van der Waals surface area contributed by atoms with Crippen molar-refractivity contribution in [2.24, 2.45) is 5.41 Å².